The van der Waals surface area contributed by atoms with Gasteiger partial charge in [0.1, 0.15) is 5.69 Å². The zero-order chi connectivity index (χ0) is 12.4. The van der Waals surface area contributed by atoms with E-state index in [2.05, 4.69) is 10.9 Å². The van der Waals surface area contributed by atoms with Crippen LogP contribution in [0.2, 0.25) is 5.02 Å². The second-order valence-corrected chi connectivity index (χ2v) is 4.22. The van der Waals surface area contributed by atoms with E-state index >= 15 is 0 Å². The van der Waals surface area contributed by atoms with Crippen LogP contribution in [-0.2, 0) is 0 Å². The number of aromatic nitrogens is 1. The van der Waals surface area contributed by atoms with Gasteiger partial charge in [0, 0.05) is 23.0 Å². The fourth-order valence-corrected chi connectivity index (χ4v) is 1.81. The Morgan fingerprint density at radius 1 is 1.53 bits per heavy atom. The van der Waals surface area contributed by atoms with Crippen molar-refractivity contribution >= 4 is 28.4 Å². The average Bonchev–Trinajstić information content (AvgIpc) is 2.71. The molecule has 0 aliphatic rings. The van der Waals surface area contributed by atoms with E-state index in [1.807, 2.05) is 12.1 Å². The number of aromatic amines is 1. The minimum Gasteiger partial charge on any atom is -0.351 e. The van der Waals surface area contributed by atoms with Crippen molar-refractivity contribution in [2.45, 2.75) is 0 Å². The van der Waals surface area contributed by atoms with Gasteiger partial charge in [-0.2, -0.15) is 0 Å². The van der Waals surface area contributed by atoms with Crippen LogP contribution in [0.3, 0.4) is 0 Å². The number of benzene rings is 1. The van der Waals surface area contributed by atoms with Crippen molar-refractivity contribution in [2.75, 3.05) is 13.6 Å². The minimum absolute atomic E-state index is 0.129. The molecule has 0 aliphatic heterocycles. The highest BCUT2D eigenvalue weighted by Gasteiger charge is 2.13. The molecule has 1 aromatic heterocycles. The molecule has 0 fully saturated rings. The van der Waals surface area contributed by atoms with Crippen molar-refractivity contribution in [1.29, 1.82) is 0 Å². The summed E-state index contributed by atoms with van der Waals surface area (Å²) in [5.74, 6) is 2.30. The van der Waals surface area contributed by atoms with Gasteiger partial charge >= 0.3 is 0 Å². The summed E-state index contributed by atoms with van der Waals surface area (Å²) in [4.78, 5) is 16.5. The number of hydrogen-bond acceptors (Lipinski definition) is 1. The summed E-state index contributed by atoms with van der Waals surface area (Å²) in [7, 11) is 1.67. The lowest BCUT2D eigenvalue weighted by Gasteiger charge is -2.11. The largest absolute Gasteiger partial charge is 0.351 e. The number of terminal acetylenes is 1. The summed E-state index contributed by atoms with van der Waals surface area (Å²) in [6.07, 6.45) is 5.17. The molecule has 1 amide bonds. The lowest BCUT2D eigenvalue weighted by atomic mass is 10.2. The Hall–Kier alpha value is -1.92. The number of carbonyl (C=O) groups excluding carboxylic acids is 1. The van der Waals surface area contributed by atoms with Gasteiger partial charge in [0.15, 0.2) is 0 Å². The van der Waals surface area contributed by atoms with Gasteiger partial charge in [-0.15, -0.1) is 6.42 Å². The van der Waals surface area contributed by atoms with E-state index in [0.717, 1.165) is 10.9 Å². The Bertz CT molecular complexity index is 609. The number of rotatable bonds is 2. The predicted molar refractivity (Wildman–Crippen MR) is 69.1 cm³/mol. The highest BCUT2D eigenvalue weighted by Crippen LogP contribution is 2.20. The number of carbonyl (C=O) groups is 1. The second kappa shape index (κ2) is 4.52. The van der Waals surface area contributed by atoms with Crippen LogP contribution in [0, 0.1) is 12.3 Å². The minimum atomic E-state index is -0.129. The maximum absolute atomic E-state index is 12.0. The molecule has 2 aromatic rings. The van der Waals surface area contributed by atoms with Gasteiger partial charge in [-0.25, -0.2) is 0 Å². The van der Waals surface area contributed by atoms with Crippen LogP contribution in [0.5, 0.6) is 0 Å². The number of nitrogens with zero attached hydrogens (tertiary/aromatic N) is 1. The molecule has 0 radical (unpaired) electrons. The highest BCUT2D eigenvalue weighted by molar-refractivity contribution is 6.31. The zero-order valence-corrected chi connectivity index (χ0v) is 10.1. The third kappa shape index (κ3) is 2.27. The zero-order valence-electron chi connectivity index (χ0n) is 9.33. The molecule has 0 spiro atoms. The normalized spacial score (nSPS) is 10.2. The maximum Gasteiger partial charge on any atom is 0.270 e. The molecule has 0 aliphatic carbocycles. The Morgan fingerprint density at radius 3 is 3.00 bits per heavy atom. The Kier molecular flexibility index (Phi) is 3.08. The second-order valence-electron chi connectivity index (χ2n) is 3.78. The maximum atomic E-state index is 12.0. The van der Waals surface area contributed by atoms with Crippen molar-refractivity contribution in [3.63, 3.8) is 0 Å². The van der Waals surface area contributed by atoms with Gasteiger partial charge in [-0.1, -0.05) is 17.5 Å². The number of H-pyrrole nitrogens is 1. The smallest absolute Gasteiger partial charge is 0.270 e. The van der Waals surface area contributed by atoms with Crippen LogP contribution in [0.25, 0.3) is 10.9 Å². The third-order valence-corrected chi connectivity index (χ3v) is 2.72. The molecular formula is C13H11ClN2O. The van der Waals surface area contributed by atoms with Gasteiger partial charge in [-0.05, 0) is 24.3 Å². The summed E-state index contributed by atoms with van der Waals surface area (Å²) < 4.78 is 0. The molecule has 1 aromatic carbocycles. The molecule has 3 nitrogen and oxygen atoms in total. The molecular weight excluding hydrogens is 236 g/mol. The van der Waals surface area contributed by atoms with Crippen LogP contribution < -0.4 is 0 Å². The third-order valence-electron chi connectivity index (χ3n) is 2.49. The molecule has 1 N–H and O–H groups in total. The fraction of sp³-hybridized carbons (Fsp3) is 0.154. The molecule has 2 rings (SSSR count). The first-order valence-electron chi connectivity index (χ1n) is 5.09. The van der Waals surface area contributed by atoms with E-state index in [1.54, 1.807) is 19.2 Å². The van der Waals surface area contributed by atoms with Gasteiger partial charge in [-0.3, -0.25) is 4.79 Å². The van der Waals surface area contributed by atoms with Gasteiger partial charge in [0.2, 0.25) is 0 Å². The van der Waals surface area contributed by atoms with E-state index < -0.39 is 0 Å². The van der Waals surface area contributed by atoms with E-state index in [1.165, 1.54) is 4.90 Å². The number of amides is 1. The van der Waals surface area contributed by atoms with Crippen molar-refractivity contribution in [1.82, 2.24) is 9.88 Å². The first-order valence-corrected chi connectivity index (χ1v) is 5.47. The monoisotopic (exact) mass is 246 g/mol. The highest BCUT2D eigenvalue weighted by atomic mass is 35.5. The lowest BCUT2D eigenvalue weighted by Crippen LogP contribution is -2.27. The van der Waals surface area contributed by atoms with Crippen molar-refractivity contribution < 1.29 is 4.79 Å². The van der Waals surface area contributed by atoms with Crippen LogP contribution in [0.1, 0.15) is 10.5 Å². The number of halogens is 1. The first kappa shape index (κ1) is 11.6. The summed E-state index contributed by atoms with van der Waals surface area (Å²) in [6.45, 7) is 0.287. The van der Waals surface area contributed by atoms with Crippen LogP contribution in [-0.4, -0.2) is 29.4 Å². The molecule has 0 atom stereocenters. The summed E-state index contributed by atoms with van der Waals surface area (Å²) in [5, 5.41) is 1.56. The molecule has 0 bridgehead atoms. The van der Waals surface area contributed by atoms with Crippen LogP contribution >= 0.6 is 11.6 Å². The molecule has 0 saturated carbocycles. The fourth-order valence-electron chi connectivity index (χ4n) is 1.63. The van der Waals surface area contributed by atoms with E-state index in [-0.39, 0.29) is 12.5 Å². The molecule has 0 saturated heterocycles. The molecule has 0 unspecified atom stereocenters. The standard InChI is InChI=1S/C13H11ClN2O/c1-3-6-16(2)13(17)12-8-9-7-10(14)4-5-11(9)15-12/h1,4-5,7-8,15H,6H2,2H3. The van der Waals surface area contributed by atoms with Gasteiger partial charge < -0.3 is 9.88 Å². The molecule has 86 valence electrons. The van der Waals surface area contributed by atoms with Crippen molar-refractivity contribution in [3.8, 4) is 12.3 Å². The van der Waals surface area contributed by atoms with Crippen molar-refractivity contribution in [2.24, 2.45) is 0 Å². The van der Waals surface area contributed by atoms with Crippen molar-refractivity contribution in [3.05, 3.63) is 35.0 Å². The summed E-state index contributed by atoms with van der Waals surface area (Å²) >= 11 is 5.88. The van der Waals surface area contributed by atoms with Gasteiger partial charge in [0.05, 0.1) is 6.54 Å². The quantitative estimate of drug-likeness (QED) is 0.813. The Morgan fingerprint density at radius 2 is 2.29 bits per heavy atom. The first-order chi connectivity index (χ1) is 8.11. The van der Waals surface area contributed by atoms with E-state index in [0.29, 0.717) is 10.7 Å². The predicted octanol–water partition coefficient (Wildman–Crippen LogP) is 2.53. The van der Waals surface area contributed by atoms with E-state index in [9.17, 15) is 4.79 Å². The SMILES string of the molecule is C#CCN(C)C(=O)c1cc2cc(Cl)ccc2[nH]1. The van der Waals surface area contributed by atoms with E-state index in [4.69, 9.17) is 18.0 Å². The summed E-state index contributed by atoms with van der Waals surface area (Å²) in [6, 6.07) is 7.21. The van der Waals surface area contributed by atoms with Crippen LogP contribution in [0.15, 0.2) is 24.3 Å². The number of nitrogens with one attached hydrogen (secondary N) is 1. The molecule has 17 heavy (non-hydrogen) atoms. The summed E-state index contributed by atoms with van der Waals surface area (Å²) in [5.41, 5.74) is 1.40. The molecule has 1 heterocycles. The Balaban J connectivity index is 2.37. The topological polar surface area (TPSA) is 36.1 Å². The lowest BCUT2D eigenvalue weighted by molar-refractivity contribution is 0.0808. The molecule has 4 heteroatoms. The Labute approximate surface area is 104 Å². The van der Waals surface area contributed by atoms with Gasteiger partial charge in [0.25, 0.3) is 5.91 Å². The number of fused-ring (bicyclic) bond motifs is 1. The average molecular weight is 247 g/mol. The number of hydrogen-bond donors (Lipinski definition) is 1. The van der Waals surface area contributed by atoms with Crippen LogP contribution in [0.4, 0.5) is 0 Å².